The Labute approximate surface area is 194 Å². The minimum Gasteiger partial charge on any atom is -0.284 e. The lowest BCUT2D eigenvalue weighted by Crippen LogP contribution is -2.29. The molecular formula is C27H54N4. The Morgan fingerprint density at radius 2 is 0.935 bits per heavy atom. The highest BCUT2D eigenvalue weighted by atomic mass is 15.4. The summed E-state index contributed by atoms with van der Waals surface area (Å²) < 4.78 is 1.98. The predicted octanol–water partition coefficient (Wildman–Crippen LogP) is 8.38. The van der Waals surface area contributed by atoms with Gasteiger partial charge < -0.3 is 0 Å². The van der Waals surface area contributed by atoms with Crippen molar-refractivity contribution in [2.45, 2.75) is 149 Å². The third kappa shape index (κ3) is 18.4. The summed E-state index contributed by atoms with van der Waals surface area (Å²) in [4.78, 5) is 6.70. The summed E-state index contributed by atoms with van der Waals surface area (Å²) in [6.45, 7) is 7.89. The van der Waals surface area contributed by atoms with Gasteiger partial charge in [-0.1, -0.05) is 129 Å². The average Bonchev–Trinajstić information content (AvgIpc) is 3.29. The van der Waals surface area contributed by atoms with Crippen LogP contribution in [0.15, 0.2) is 12.7 Å². The molecule has 1 heterocycles. The fourth-order valence-electron chi connectivity index (χ4n) is 4.41. The maximum Gasteiger partial charge on any atom is 0.137 e. The molecule has 0 aliphatic carbocycles. The maximum absolute atomic E-state index is 4.32. The summed E-state index contributed by atoms with van der Waals surface area (Å²) in [6, 6.07) is 0. The van der Waals surface area contributed by atoms with Crippen LogP contribution in [0.5, 0.6) is 0 Å². The van der Waals surface area contributed by atoms with Gasteiger partial charge in [0.1, 0.15) is 12.7 Å². The van der Waals surface area contributed by atoms with Gasteiger partial charge in [-0.3, -0.25) is 4.90 Å². The van der Waals surface area contributed by atoms with Gasteiger partial charge in [-0.2, -0.15) is 5.10 Å². The van der Waals surface area contributed by atoms with Crippen LogP contribution in [0, 0.1) is 0 Å². The number of nitrogens with zero attached hydrogens (tertiary/aromatic N) is 4. The molecule has 0 unspecified atom stereocenters. The Kier molecular flexibility index (Phi) is 20.2. The zero-order chi connectivity index (χ0) is 22.2. The van der Waals surface area contributed by atoms with Gasteiger partial charge in [0.25, 0.3) is 0 Å². The Morgan fingerprint density at radius 3 is 1.29 bits per heavy atom. The van der Waals surface area contributed by atoms with E-state index in [2.05, 4.69) is 28.8 Å². The van der Waals surface area contributed by atoms with Crippen molar-refractivity contribution in [1.29, 1.82) is 0 Å². The molecule has 1 rings (SSSR count). The molecule has 0 radical (unpaired) electrons. The van der Waals surface area contributed by atoms with Gasteiger partial charge in [0.05, 0.1) is 6.67 Å². The van der Waals surface area contributed by atoms with E-state index in [1.54, 1.807) is 6.33 Å². The van der Waals surface area contributed by atoms with E-state index < -0.39 is 0 Å². The molecule has 0 aromatic carbocycles. The van der Waals surface area contributed by atoms with Crippen molar-refractivity contribution in [2.75, 3.05) is 13.1 Å². The SMILES string of the molecule is CCCCCCCCCCCCN(CCCCCCCCCCCC)Cn1cncn1. The zero-order valence-corrected chi connectivity index (χ0v) is 21.2. The smallest absolute Gasteiger partial charge is 0.137 e. The van der Waals surface area contributed by atoms with Crippen LogP contribution >= 0.6 is 0 Å². The summed E-state index contributed by atoms with van der Waals surface area (Å²) in [5.41, 5.74) is 0. The Hall–Kier alpha value is -0.900. The van der Waals surface area contributed by atoms with Gasteiger partial charge >= 0.3 is 0 Å². The molecule has 1 aromatic rings. The number of hydrogen-bond donors (Lipinski definition) is 0. The monoisotopic (exact) mass is 434 g/mol. The molecule has 0 amide bonds. The molecule has 0 saturated carbocycles. The molecule has 0 aliphatic rings. The van der Waals surface area contributed by atoms with Gasteiger partial charge in [0.15, 0.2) is 0 Å². The lowest BCUT2D eigenvalue weighted by atomic mass is 10.1. The first kappa shape index (κ1) is 28.1. The van der Waals surface area contributed by atoms with Crippen molar-refractivity contribution in [3.63, 3.8) is 0 Å². The minimum atomic E-state index is 0.898. The molecule has 0 N–H and O–H groups in total. The lowest BCUT2D eigenvalue weighted by Gasteiger charge is -2.22. The van der Waals surface area contributed by atoms with Crippen LogP contribution in [0.25, 0.3) is 0 Å². The number of hydrogen-bond acceptors (Lipinski definition) is 3. The second-order valence-electron chi connectivity index (χ2n) is 9.56. The Balaban J connectivity index is 2.05. The Bertz CT molecular complexity index is 422. The molecule has 0 fully saturated rings. The fourth-order valence-corrected chi connectivity index (χ4v) is 4.41. The molecule has 31 heavy (non-hydrogen) atoms. The highest BCUT2D eigenvalue weighted by Crippen LogP contribution is 2.13. The predicted molar refractivity (Wildman–Crippen MR) is 135 cm³/mol. The van der Waals surface area contributed by atoms with Crippen molar-refractivity contribution >= 4 is 0 Å². The van der Waals surface area contributed by atoms with Crippen LogP contribution in [-0.2, 0) is 6.67 Å². The van der Waals surface area contributed by atoms with Crippen LogP contribution < -0.4 is 0 Å². The second-order valence-corrected chi connectivity index (χ2v) is 9.56. The van der Waals surface area contributed by atoms with E-state index in [1.807, 2.05) is 11.0 Å². The molecule has 0 bridgehead atoms. The minimum absolute atomic E-state index is 0.898. The van der Waals surface area contributed by atoms with E-state index in [1.165, 1.54) is 142 Å². The van der Waals surface area contributed by atoms with E-state index >= 15 is 0 Å². The van der Waals surface area contributed by atoms with Crippen LogP contribution in [0.3, 0.4) is 0 Å². The van der Waals surface area contributed by atoms with E-state index in [-0.39, 0.29) is 0 Å². The summed E-state index contributed by atoms with van der Waals surface area (Å²) in [6.07, 6.45) is 31.6. The largest absolute Gasteiger partial charge is 0.284 e. The summed E-state index contributed by atoms with van der Waals surface area (Å²) in [5.74, 6) is 0. The van der Waals surface area contributed by atoms with E-state index in [0.717, 1.165) is 6.67 Å². The summed E-state index contributed by atoms with van der Waals surface area (Å²) >= 11 is 0. The summed E-state index contributed by atoms with van der Waals surface area (Å²) in [5, 5.41) is 4.32. The molecule has 0 spiro atoms. The first-order chi connectivity index (χ1) is 15.4. The first-order valence-corrected chi connectivity index (χ1v) is 13.9. The van der Waals surface area contributed by atoms with E-state index in [4.69, 9.17) is 0 Å². The molecule has 0 saturated heterocycles. The second kappa shape index (κ2) is 22.3. The van der Waals surface area contributed by atoms with Crippen LogP contribution in [0.2, 0.25) is 0 Å². The van der Waals surface area contributed by atoms with Crippen LogP contribution in [-0.4, -0.2) is 32.8 Å². The zero-order valence-electron chi connectivity index (χ0n) is 21.2. The summed E-state index contributed by atoms with van der Waals surface area (Å²) in [7, 11) is 0. The van der Waals surface area contributed by atoms with Gasteiger partial charge in [-0.15, -0.1) is 0 Å². The van der Waals surface area contributed by atoms with Gasteiger partial charge in [0, 0.05) is 0 Å². The number of unbranched alkanes of at least 4 members (excludes halogenated alkanes) is 18. The van der Waals surface area contributed by atoms with Crippen molar-refractivity contribution < 1.29 is 0 Å². The Morgan fingerprint density at radius 1 is 0.548 bits per heavy atom. The van der Waals surface area contributed by atoms with Gasteiger partial charge in [0.2, 0.25) is 0 Å². The molecule has 0 aliphatic heterocycles. The van der Waals surface area contributed by atoms with Crippen molar-refractivity contribution in [1.82, 2.24) is 19.7 Å². The lowest BCUT2D eigenvalue weighted by molar-refractivity contribution is 0.198. The van der Waals surface area contributed by atoms with Crippen LogP contribution in [0.4, 0.5) is 0 Å². The third-order valence-corrected chi connectivity index (χ3v) is 6.47. The quantitative estimate of drug-likeness (QED) is 0.153. The number of aromatic nitrogens is 3. The van der Waals surface area contributed by atoms with Crippen LogP contribution in [0.1, 0.15) is 142 Å². The fraction of sp³-hybridized carbons (Fsp3) is 0.926. The molecule has 0 atom stereocenters. The van der Waals surface area contributed by atoms with Crippen molar-refractivity contribution in [3.8, 4) is 0 Å². The normalized spacial score (nSPS) is 11.6. The molecule has 182 valence electrons. The van der Waals surface area contributed by atoms with Gasteiger partial charge in [-0.05, 0) is 25.9 Å². The standard InChI is InChI=1S/C27H54N4/c1-3-5-7-9-11-13-15-17-19-21-23-30(27-31-26-28-25-29-31)24-22-20-18-16-14-12-10-8-6-4-2/h25-26H,3-24,27H2,1-2H3. The van der Waals surface area contributed by atoms with Crippen molar-refractivity contribution in [3.05, 3.63) is 12.7 Å². The highest BCUT2D eigenvalue weighted by molar-refractivity contribution is 4.61. The van der Waals surface area contributed by atoms with E-state index in [0.29, 0.717) is 0 Å². The molecular weight excluding hydrogens is 380 g/mol. The molecule has 4 nitrogen and oxygen atoms in total. The third-order valence-electron chi connectivity index (χ3n) is 6.47. The molecule has 1 aromatic heterocycles. The average molecular weight is 435 g/mol. The maximum atomic E-state index is 4.32. The molecule has 4 heteroatoms. The van der Waals surface area contributed by atoms with Crippen molar-refractivity contribution in [2.24, 2.45) is 0 Å². The van der Waals surface area contributed by atoms with Gasteiger partial charge in [-0.25, -0.2) is 9.67 Å². The number of rotatable bonds is 24. The highest BCUT2D eigenvalue weighted by Gasteiger charge is 2.06. The van der Waals surface area contributed by atoms with E-state index in [9.17, 15) is 0 Å². The first-order valence-electron chi connectivity index (χ1n) is 13.9. The topological polar surface area (TPSA) is 34.0 Å².